The van der Waals surface area contributed by atoms with E-state index in [1.54, 1.807) is 51.2 Å². The zero-order valence-corrected chi connectivity index (χ0v) is 26.3. The van der Waals surface area contributed by atoms with E-state index < -0.39 is 45.3 Å². The average molecular weight is 629 g/mol. The molecule has 0 fully saturated rings. The van der Waals surface area contributed by atoms with Gasteiger partial charge in [-0.25, -0.2) is 17.9 Å². The second-order valence-electron chi connectivity index (χ2n) is 11.8. The SMILES string of the molecule is CC(C)Cc1cc([N+](=O)[O-])ccc1S(=O)(=O)NC[C@@H](O)[C@H](Cc1ccc(OCc2ccccn2)cc1)NC(=O)OC(C)(C)C. The Bertz CT molecular complexity index is 1510. The molecular formula is C31H40N4O8S. The number of benzene rings is 2. The third-order valence-corrected chi connectivity index (χ3v) is 7.84. The lowest BCUT2D eigenvalue weighted by atomic mass is 10.0. The number of non-ortho nitro benzene ring substituents is 1. The molecule has 0 aliphatic heterocycles. The minimum atomic E-state index is -4.17. The average Bonchev–Trinajstić information content (AvgIpc) is 2.94. The Morgan fingerprint density at radius 2 is 1.77 bits per heavy atom. The van der Waals surface area contributed by atoms with Crippen LogP contribution in [0.15, 0.2) is 71.8 Å². The van der Waals surface area contributed by atoms with Crippen LogP contribution in [0.3, 0.4) is 0 Å². The number of hydrogen-bond acceptors (Lipinski definition) is 9. The van der Waals surface area contributed by atoms with Crippen molar-refractivity contribution in [3.63, 3.8) is 0 Å². The molecule has 13 heteroatoms. The van der Waals surface area contributed by atoms with Crippen molar-refractivity contribution in [2.75, 3.05) is 6.54 Å². The first-order valence-corrected chi connectivity index (χ1v) is 15.7. The van der Waals surface area contributed by atoms with E-state index in [1.165, 1.54) is 12.1 Å². The Kier molecular flexibility index (Phi) is 11.8. The van der Waals surface area contributed by atoms with Crippen LogP contribution in [0, 0.1) is 16.0 Å². The van der Waals surface area contributed by atoms with Gasteiger partial charge in [0.2, 0.25) is 10.0 Å². The number of aliphatic hydroxyl groups is 1. The molecule has 12 nitrogen and oxygen atoms in total. The minimum Gasteiger partial charge on any atom is -0.487 e. The third-order valence-electron chi connectivity index (χ3n) is 6.31. The van der Waals surface area contributed by atoms with E-state index in [-0.39, 0.29) is 29.5 Å². The van der Waals surface area contributed by atoms with Crippen LogP contribution in [0.2, 0.25) is 0 Å². The Morgan fingerprint density at radius 1 is 1.07 bits per heavy atom. The number of nitro benzene ring substituents is 1. The number of nitrogens with one attached hydrogen (secondary N) is 2. The van der Waals surface area contributed by atoms with Gasteiger partial charge in [-0.2, -0.15) is 0 Å². The number of aromatic nitrogens is 1. The Hall–Kier alpha value is -4.07. The summed E-state index contributed by atoms with van der Waals surface area (Å²) in [6.45, 7) is 8.71. The Morgan fingerprint density at radius 3 is 2.36 bits per heavy atom. The maximum Gasteiger partial charge on any atom is 0.407 e. The summed E-state index contributed by atoms with van der Waals surface area (Å²) in [5, 5.41) is 25.0. The normalized spacial score (nSPS) is 13.2. The molecule has 0 radical (unpaired) electrons. The largest absolute Gasteiger partial charge is 0.487 e. The summed E-state index contributed by atoms with van der Waals surface area (Å²) in [4.78, 5) is 27.4. The molecule has 44 heavy (non-hydrogen) atoms. The standard InChI is InChI=1S/C31H40N4O8S/c1-21(2)16-23-18-25(35(38)39)11-14-29(23)44(40,41)33-19-28(36)27(34-30(37)43-31(3,4)5)17-22-9-12-26(13-10-22)42-20-24-8-6-7-15-32-24/h6-15,18,21,27-28,33,36H,16-17,19-20H2,1-5H3,(H,34,37)/t27-,28+/m0/s1. The fourth-order valence-electron chi connectivity index (χ4n) is 4.31. The molecule has 0 aliphatic rings. The molecular weight excluding hydrogens is 588 g/mol. The maximum atomic E-state index is 13.3. The number of rotatable bonds is 14. The van der Waals surface area contributed by atoms with Gasteiger partial charge in [0, 0.05) is 24.9 Å². The molecule has 2 atom stereocenters. The quantitative estimate of drug-likeness (QED) is 0.171. The zero-order chi connectivity index (χ0) is 32.5. The number of nitrogens with zero attached hydrogens (tertiary/aromatic N) is 2. The zero-order valence-electron chi connectivity index (χ0n) is 25.5. The molecule has 3 aromatic rings. The maximum absolute atomic E-state index is 13.3. The highest BCUT2D eigenvalue weighted by molar-refractivity contribution is 7.89. The van der Waals surface area contributed by atoms with Crippen LogP contribution < -0.4 is 14.8 Å². The highest BCUT2D eigenvalue weighted by Gasteiger charge is 2.28. The van der Waals surface area contributed by atoms with Crippen molar-refractivity contribution >= 4 is 21.8 Å². The lowest BCUT2D eigenvalue weighted by Gasteiger charge is -2.27. The van der Waals surface area contributed by atoms with Crippen molar-refractivity contribution in [2.24, 2.45) is 5.92 Å². The van der Waals surface area contributed by atoms with Gasteiger partial charge in [0.25, 0.3) is 5.69 Å². The number of pyridine rings is 1. The first kappa shape index (κ1) is 34.4. The van der Waals surface area contributed by atoms with Crippen LogP contribution in [0.4, 0.5) is 10.5 Å². The van der Waals surface area contributed by atoms with E-state index in [2.05, 4.69) is 15.0 Å². The van der Waals surface area contributed by atoms with Gasteiger partial charge in [0.05, 0.1) is 27.7 Å². The van der Waals surface area contributed by atoms with Gasteiger partial charge < -0.3 is 19.9 Å². The molecule has 3 N–H and O–H groups in total. The van der Waals surface area contributed by atoms with Crippen molar-refractivity contribution in [1.29, 1.82) is 0 Å². The van der Waals surface area contributed by atoms with Crippen LogP contribution >= 0.6 is 0 Å². The highest BCUT2D eigenvalue weighted by Crippen LogP contribution is 2.25. The van der Waals surface area contributed by atoms with Crippen molar-refractivity contribution in [3.8, 4) is 5.75 Å². The van der Waals surface area contributed by atoms with Crippen molar-refractivity contribution < 1.29 is 32.7 Å². The minimum absolute atomic E-state index is 0.0331. The van der Waals surface area contributed by atoms with Gasteiger partial charge in [0.15, 0.2) is 0 Å². The molecule has 1 aromatic heterocycles. The number of sulfonamides is 1. The summed E-state index contributed by atoms with van der Waals surface area (Å²) in [7, 11) is -4.17. The molecule has 3 rings (SSSR count). The second kappa shape index (κ2) is 15.1. The van der Waals surface area contributed by atoms with Gasteiger partial charge in [-0.3, -0.25) is 15.1 Å². The molecule has 1 heterocycles. The molecule has 0 unspecified atom stereocenters. The first-order valence-electron chi connectivity index (χ1n) is 14.2. The predicted octanol–water partition coefficient (Wildman–Crippen LogP) is 4.54. The van der Waals surface area contributed by atoms with Gasteiger partial charge in [-0.15, -0.1) is 0 Å². The van der Waals surface area contributed by atoms with Gasteiger partial charge >= 0.3 is 6.09 Å². The van der Waals surface area contributed by atoms with Crippen molar-refractivity contribution in [2.45, 2.75) is 76.7 Å². The number of carbonyl (C=O) groups excluding carboxylic acids is 1. The van der Waals surface area contributed by atoms with Crippen LogP contribution in [0.1, 0.15) is 51.4 Å². The number of aliphatic hydroxyl groups excluding tert-OH is 1. The molecule has 1 amide bonds. The smallest absolute Gasteiger partial charge is 0.407 e. The van der Waals surface area contributed by atoms with Crippen LogP contribution in [-0.4, -0.2) is 53.8 Å². The van der Waals surface area contributed by atoms with Gasteiger partial charge in [-0.1, -0.05) is 32.0 Å². The Labute approximate surface area is 258 Å². The molecule has 0 saturated carbocycles. The van der Waals surface area contributed by atoms with E-state index in [4.69, 9.17) is 9.47 Å². The number of nitro groups is 1. The molecule has 0 aliphatic carbocycles. The van der Waals surface area contributed by atoms with E-state index in [1.807, 2.05) is 32.0 Å². The number of ether oxygens (including phenoxy) is 2. The lowest BCUT2D eigenvalue weighted by molar-refractivity contribution is -0.385. The lowest BCUT2D eigenvalue weighted by Crippen LogP contribution is -2.50. The molecule has 0 bridgehead atoms. The van der Waals surface area contributed by atoms with E-state index in [9.17, 15) is 28.4 Å². The number of hydrogen-bond donors (Lipinski definition) is 3. The fourth-order valence-corrected chi connectivity index (χ4v) is 5.59. The third kappa shape index (κ3) is 10.9. The summed E-state index contributed by atoms with van der Waals surface area (Å²) >= 11 is 0. The summed E-state index contributed by atoms with van der Waals surface area (Å²) in [6, 6.07) is 15.3. The Balaban J connectivity index is 1.75. The first-order chi connectivity index (χ1) is 20.6. The van der Waals surface area contributed by atoms with E-state index in [0.29, 0.717) is 17.7 Å². The predicted molar refractivity (Wildman–Crippen MR) is 165 cm³/mol. The fraction of sp³-hybridized carbons (Fsp3) is 0.419. The van der Waals surface area contributed by atoms with Crippen molar-refractivity contribution in [3.05, 3.63) is 93.8 Å². The van der Waals surface area contributed by atoms with E-state index in [0.717, 1.165) is 17.3 Å². The van der Waals surface area contributed by atoms with Crippen LogP contribution in [-0.2, 0) is 34.2 Å². The van der Waals surface area contributed by atoms with E-state index >= 15 is 0 Å². The van der Waals surface area contributed by atoms with Crippen LogP contribution in [0.5, 0.6) is 5.75 Å². The van der Waals surface area contributed by atoms with Crippen molar-refractivity contribution in [1.82, 2.24) is 15.0 Å². The molecule has 2 aromatic carbocycles. The van der Waals surface area contributed by atoms with Crippen LogP contribution in [0.25, 0.3) is 0 Å². The molecule has 0 spiro atoms. The molecule has 238 valence electrons. The number of amides is 1. The van der Waals surface area contributed by atoms with Gasteiger partial charge in [0.1, 0.15) is 18.0 Å². The summed E-state index contributed by atoms with van der Waals surface area (Å²) in [5.74, 6) is 0.635. The summed E-state index contributed by atoms with van der Waals surface area (Å²) < 4.78 is 40.1. The number of carbonyl (C=O) groups is 1. The molecule has 0 saturated heterocycles. The monoisotopic (exact) mass is 628 g/mol. The summed E-state index contributed by atoms with van der Waals surface area (Å²) in [5.41, 5.74) is 0.803. The topological polar surface area (TPSA) is 170 Å². The second-order valence-corrected chi connectivity index (χ2v) is 13.5. The number of alkyl carbamates (subject to hydrolysis) is 1. The summed E-state index contributed by atoms with van der Waals surface area (Å²) in [6.07, 6.45) is 0.00354. The highest BCUT2D eigenvalue weighted by atomic mass is 32.2. The van der Waals surface area contributed by atoms with Gasteiger partial charge in [-0.05, 0) is 81.0 Å².